The molecule has 1 fully saturated rings. The lowest BCUT2D eigenvalue weighted by atomic mass is 9.83. The van der Waals surface area contributed by atoms with Gasteiger partial charge < -0.3 is 14.8 Å². The summed E-state index contributed by atoms with van der Waals surface area (Å²) in [4.78, 5) is 34.5. The smallest absolute Gasteiger partial charge is 0.314 e. The number of carbonyl (C=O) groups is 3. The summed E-state index contributed by atoms with van der Waals surface area (Å²) in [6, 6.07) is 0. The van der Waals surface area contributed by atoms with Crippen molar-refractivity contribution >= 4 is 17.8 Å². The molecule has 0 saturated carbocycles. The second-order valence-electron chi connectivity index (χ2n) is 3.94. The van der Waals surface area contributed by atoms with Gasteiger partial charge in [0.05, 0.1) is 19.6 Å². The number of hydrogen-bond acceptors (Lipinski definition) is 5. The number of amides is 1. The maximum Gasteiger partial charge on any atom is 0.314 e. The van der Waals surface area contributed by atoms with E-state index in [4.69, 9.17) is 9.47 Å². The molecule has 0 aromatic rings. The molecule has 1 N–H and O–H groups in total. The van der Waals surface area contributed by atoms with Crippen LogP contribution in [0.4, 0.5) is 0 Å². The lowest BCUT2D eigenvalue weighted by Crippen LogP contribution is -2.37. The Kier molecular flexibility index (Phi) is 4.48. The summed E-state index contributed by atoms with van der Waals surface area (Å²) in [6.45, 7) is 3.97. The standard InChI is InChI=1S/C11H17NO5/c1-3-16-9(14)6-11(10(15)17-4-2)5-8(13)12-7-11/h3-7H2,1-2H3,(H,12,13). The first kappa shape index (κ1) is 13.5. The molecule has 1 aliphatic rings. The summed E-state index contributed by atoms with van der Waals surface area (Å²) in [6.07, 6.45) is -0.150. The zero-order valence-electron chi connectivity index (χ0n) is 10.1. The van der Waals surface area contributed by atoms with E-state index >= 15 is 0 Å². The minimum absolute atomic E-state index is 0.0232. The molecular weight excluding hydrogens is 226 g/mol. The third-order valence-corrected chi connectivity index (χ3v) is 2.62. The van der Waals surface area contributed by atoms with E-state index in [1.807, 2.05) is 0 Å². The fourth-order valence-corrected chi connectivity index (χ4v) is 1.81. The van der Waals surface area contributed by atoms with Gasteiger partial charge in [-0.25, -0.2) is 0 Å². The summed E-state index contributed by atoms with van der Waals surface area (Å²) in [5, 5.41) is 2.55. The van der Waals surface area contributed by atoms with Gasteiger partial charge in [-0.15, -0.1) is 0 Å². The average molecular weight is 243 g/mol. The summed E-state index contributed by atoms with van der Waals surface area (Å²) in [7, 11) is 0. The summed E-state index contributed by atoms with van der Waals surface area (Å²) >= 11 is 0. The highest BCUT2D eigenvalue weighted by molar-refractivity contribution is 5.92. The van der Waals surface area contributed by atoms with Crippen molar-refractivity contribution in [2.24, 2.45) is 5.41 Å². The fraction of sp³-hybridized carbons (Fsp3) is 0.727. The second-order valence-corrected chi connectivity index (χ2v) is 3.94. The Balaban J connectivity index is 2.76. The van der Waals surface area contributed by atoms with E-state index in [-0.39, 0.29) is 38.5 Å². The molecule has 6 nitrogen and oxygen atoms in total. The number of hydrogen-bond donors (Lipinski definition) is 1. The number of esters is 2. The van der Waals surface area contributed by atoms with Crippen molar-refractivity contribution in [3.05, 3.63) is 0 Å². The number of nitrogens with one attached hydrogen (secondary N) is 1. The van der Waals surface area contributed by atoms with Crippen LogP contribution in [0.25, 0.3) is 0 Å². The van der Waals surface area contributed by atoms with Gasteiger partial charge in [-0.2, -0.15) is 0 Å². The Morgan fingerprint density at radius 1 is 1.29 bits per heavy atom. The van der Waals surface area contributed by atoms with E-state index in [0.29, 0.717) is 0 Å². The number of carbonyl (C=O) groups excluding carboxylic acids is 3. The molecule has 17 heavy (non-hydrogen) atoms. The minimum Gasteiger partial charge on any atom is -0.466 e. The highest BCUT2D eigenvalue weighted by Crippen LogP contribution is 2.32. The van der Waals surface area contributed by atoms with Crippen LogP contribution in [-0.2, 0) is 23.9 Å². The summed E-state index contributed by atoms with van der Waals surface area (Å²) < 4.78 is 9.72. The SMILES string of the molecule is CCOC(=O)CC1(C(=O)OCC)CNC(=O)C1. The average Bonchev–Trinajstić information content (AvgIpc) is 2.62. The topological polar surface area (TPSA) is 81.7 Å². The summed E-state index contributed by atoms with van der Waals surface area (Å²) in [5.74, 6) is -1.26. The molecule has 0 aromatic heterocycles. The van der Waals surface area contributed by atoms with E-state index in [2.05, 4.69) is 5.32 Å². The minimum atomic E-state index is -1.10. The van der Waals surface area contributed by atoms with Crippen LogP contribution in [0.3, 0.4) is 0 Å². The van der Waals surface area contributed by atoms with Crippen molar-refractivity contribution in [1.82, 2.24) is 5.32 Å². The Morgan fingerprint density at radius 3 is 2.41 bits per heavy atom. The predicted octanol–water partition coefficient (Wildman–Crippen LogP) is 0.00900. The highest BCUT2D eigenvalue weighted by Gasteiger charge is 2.48. The molecule has 0 spiro atoms. The molecule has 1 rings (SSSR count). The van der Waals surface area contributed by atoms with Gasteiger partial charge in [-0.05, 0) is 13.8 Å². The Hall–Kier alpha value is -1.59. The highest BCUT2D eigenvalue weighted by atomic mass is 16.5. The van der Waals surface area contributed by atoms with Crippen molar-refractivity contribution in [2.75, 3.05) is 19.8 Å². The Labute approximate surface area is 99.6 Å². The second kappa shape index (κ2) is 5.65. The molecule has 1 amide bonds. The van der Waals surface area contributed by atoms with Crippen LogP contribution in [0.5, 0.6) is 0 Å². The number of ether oxygens (including phenoxy) is 2. The lowest BCUT2D eigenvalue weighted by molar-refractivity contribution is -0.161. The van der Waals surface area contributed by atoms with E-state index in [9.17, 15) is 14.4 Å². The quantitative estimate of drug-likeness (QED) is 0.688. The first-order chi connectivity index (χ1) is 8.04. The van der Waals surface area contributed by atoms with Gasteiger partial charge in [0.15, 0.2) is 0 Å². The van der Waals surface area contributed by atoms with E-state index < -0.39 is 17.4 Å². The van der Waals surface area contributed by atoms with Crippen LogP contribution in [0, 0.1) is 5.41 Å². The van der Waals surface area contributed by atoms with Gasteiger partial charge in [0.2, 0.25) is 5.91 Å². The molecule has 0 aliphatic carbocycles. The largest absolute Gasteiger partial charge is 0.466 e. The van der Waals surface area contributed by atoms with Crippen LogP contribution < -0.4 is 5.32 Å². The normalized spacial score (nSPS) is 23.1. The lowest BCUT2D eigenvalue weighted by Gasteiger charge is -2.23. The zero-order chi connectivity index (χ0) is 12.9. The molecule has 96 valence electrons. The zero-order valence-corrected chi connectivity index (χ0v) is 10.1. The van der Waals surface area contributed by atoms with Crippen LogP contribution in [0.15, 0.2) is 0 Å². The first-order valence-electron chi connectivity index (χ1n) is 5.63. The molecular formula is C11H17NO5. The van der Waals surface area contributed by atoms with Gasteiger partial charge in [0.25, 0.3) is 0 Å². The van der Waals surface area contributed by atoms with Crippen molar-refractivity contribution in [1.29, 1.82) is 0 Å². The van der Waals surface area contributed by atoms with Crippen molar-refractivity contribution in [3.8, 4) is 0 Å². The van der Waals surface area contributed by atoms with Gasteiger partial charge >= 0.3 is 11.9 Å². The molecule has 0 bridgehead atoms. The molecule has 1 aliphatic heterocycles. The van der Waals surface area contributed by atoms with E-state index in [1.165, 1.54) is 0 Å². The molecule has 6 heteroatoms. The van der Waals surface area contributed by atoms with Crippen molar-refractivity contribution < 1.29 is 23.9 Å². The number of rotatable bonds is 5. The van der Waals surface area contributed by atoms with Crippen LogP contribution >= 0.6 is 0 Å². The molecule has 1 saturated heterocycles. The predicted molar refractivity (Wildman–Crippen MR) is 57.9 cm³/mol. The van der Waals surface area contributed by atoms with Gasteiger partial charge in [-0.3, -0.25) is 14.4 Å². The van der Waals surface area contributed by atoms with Crippen molar-refractivity contribution in [3.63, 3.8) is 0 Å². The fourth-order valence-electron chi connectivity index (χ4n) is 1.81. The molecule has 1 atom stereocenters. The van der Waals surface area contributed by atoms with Crippen LogP contribution in [-0.4, -0.2) is 37.6 Å². The first-order valence-corrected chi connectivity index (χ1v) is 5.63. The van der Waals surface area contributed by atoms with E-state index in [1.54, 1.807) is 13.8 Å². The third kappa shape index (κ3) is 3.18. The molecule has 0 radical (unpaired) electrons. The van der Waals surface area contributed by atoms with Gasteiger partial charge in [-0.1, -0.05) is 0 Å². The van der Waals surface area contributed by atoms with Crippen LogP contribution in [0.2, 0.25) is 0 Å². The Morgan fingerprint density at radius 2 is 1.94 bits per heavy atom. The molecule has 0 aromatic carbocycles. The maximum atomic E-state index is 11.8. The maximum absolute atomic E-state index is 11.8. The summed E-state index contributed by atoms with van der Waals surface area (Å²) in [5.41, 5.74) is -1.10. The molecule has 1 unspecified atom stereocenters. The monoisotopic (exact) mass is 243 g/mol. The Bertz CT molecular complexity index is 328. The van der Waals surface area contributed by atoms with Gasteiger partial charge in [0.1, 0.15) is 5.41 Å². The van der Waals surface area contributed by atoms with Gasteiger partial charge in [0, 0.05) is 13.0 Å². The van der Waals surface area contributed by atoms with E-state index in [0.717, 1.165) is 0 Å². The third-order valence-electron chi connectivity index (χ3n) is 2.62. The van der Waals surface area contributed by atoms with Crippen LogP contribution in [0.1, 0.15) is 26.7 Å². The van der Waals surface area contributed by atoms with Crippen molar-refractivity contribution in [2.45, 2.75) is 26.7 Å². The molecule has 1 heterocycles.